The van der Waals surface area contributed by atoms with Gasteiger partial charge in [0.15, 0.2) is 17.5 Å². The maximum Gasteiger partial charge on any atom is 0.225 e. The van der Waals surface area contributed by atoms with Crippen molar-refractivity contribution in [2.24, 2.45) is 5.73 Å². The highest BCUT2D eigenvalue weighted by molar-refractivity contribution is 5.89. The first-order valence-corrected chi connectivity index (χ1v) is 7.18. The summed E-state index contributed by atoms with van der Waals surface area (Å²) in [5.41, 5.74) is 7.36. The van der Waals surface area contributed by atoms with Gasteiger partial charge in [-0.15, -0.1) is 5.10 Å². The molecule has 24 heavy (non-hydrogen) atoms. The second-order valence-electron chi connectivity index (χ2n) is 5.09. The molecule has 0 spiro atoms. The van der Waals surface area contributed by atoms with Crippen LogP contribution in [0, 0.1) is 0 Å². The minimum absolute atomic E-state index is 0.0539. The summed E-state index contributed by atoms with van der Waals surface area (Å²) >= 11 is 0. The highest BCUT2D eigenvalue weighted by Gasteiger charge is 2.18. The second-order valence-corrected chi connectivity index (χ2v) is 5.09. The van der Waals surface area contributed by atoms with Crippen LogP contribution < -0.4 is 5.73 Å². The van der Waals surface area contributed by atoms with Gasteiger partial charge in [0.25, 0.3) is 0 Å². The Balaban J connectivity index is 1.95. The van der Waals surface area contributed by atoms with Crippen molar-refractivity contribution in [3.63, 3.8) is 0 Å². The molecule has 1 amide bonds. The molecule has 0 saturated heterocycles. The Morgan fingerprint density at radius 2 is 2.08 bits per heavy atom. The maximum absolute atomic E-state index is 11.2. The minimum atomic E-state index is -0.501. The number of fused-ring (bicyclic) bond motifs is 1. The van der Waals surface area contributed by atoms with Crippen molar-refractivity contribution in [3.8, 4) is 17.2 Å². The molecule has 9 nitrogen and oxygen atoms in total. The summed E-state index contributed by atoms with van der Waals surface area (Å²) in [5, 5.41) is 15.2. The molecule has 0 radical (unpaired) electrons. The molecule has 0 unspecified atom stereocenters. The number of pyridine rings is 1. The fraction of sp³-hybridized carbons (Fsp3) is 0.0667. The Morgan fingerprint density at radius 1 is 1.17 bits per heavy atom. The van der Waals surface area contributed by atoms with Gasteiger partial charge >= 0.3 is 0 Å². The van der Waals surface area contributed by atoms with E-state index in [1.807, 2.05) is 30.3 Å². The van der Waals surface area contributed by atoms with E-state index in [1.165, 1.54) is 0 Å². The fourth-order valence-electron chi connectivity index (χ4n) is 2.45. The van der Waals surface area contributed by atoms with Crippen molar-refractivity contribution in [2.45, 2.75) is 6.42 Å². The lowest BCUT2D eigenvalue weighted by molar-refractivity contribution is -0.117. The van der Waals surface area contributed by atoms with Crippen molar-refractivity contribution in [1.82, 2.24) is 35.2 Å². The lowest BCUT2D eigenvalue weighted by Gasteiger charge is -2.04. The molecule has 3 aromatic heterocycles. The number of hydrogen-bond acceptors (Lipinski definition) is 6. The number of carbonyl (C=O) groups is 1. The van der Waals surface area contributed by atoms with Crippen molar-refractivity contribution in [2.75, 3.05) is 0 Å². The van der Waals surface area contributed by atoms with Gasteiger partial charge in [-0.2, -0.15) is 20.1 Å². The number of aromatic nitrogens is 7. The molecule has 0 bridgehead atoms. The number of primary amides is 1. The number of nitrogens with two attached hydrogens (primary N) is 1. The summed E-state index contributed by atoms with van der Waals surface area (Å²) in [6, 6.07) is 11.0. The van der Waals surface area contributed by atoms with E-state index in [1.54, 1.807) is 16.9 Å². The van der Waals surface area contributed by atoms with Crippen molar-refractivity contribution < 1.29 is 4.79 Å². The molecule has 0 aliphatic heterocycles. The monoisotopic (exact) mass is 320 g/mol. The van der Waals surface area contributed by atoms with E-state index in [4.69, 9.17) is 5.73 Å². The van der Waals surface area contributed by atoms with Crippen LogP contribution in [0.2, 0.25) is 0 Å². The second kappa shape index (κ2) is 5.54. The molecule has 4 rings (SSSR count). The lowest BCUT2D eigenvalue weighted by atomic mass is 10.1. The van der Waals surface area contributed by atoms with Crippen molar-refractivity contribution in [1.29, 1.82) is 0 Å². The van der Waals surface area contributed by atoms with Crippen LogP contribution in [0.25, 0.3) is 28.2 Å². The number of rotatable bonds is 4. The molecule has 0 aliphatic carbocycles. The molecule has 4 aromatic rings. The van der Waals surface area contributed by atoms with E-state index >= 15 is 0 Å². The Bertz CT molecular complexity index is 1020. The van der Waals surface area contributed by atoms with Gasteiger partial charge in [-0.1, -0.05) is 12.1 Å². The number of nitrogens with one attached hydrogen (secondary N) is 1. The molecule has 0 fully saturated rings. The first kappa shape index (κ1) is 14.0. The number of benzene rings is 1. The molecule has 3 heterocycles. The van der Waals surface area contributed by atoms with Gasteiger partial charge in [0.1, 0.15) is 11.0 Å². The van der Waals surface area contributed by atoms with Gasteiger partial charge in [0, 0.05) is 11.8 Å². The van der Waals surface area contributed by atoms with Crippen LogP contribution in [0.5, 0.6) is 0 Å². The highest BCUT2D eigenvalue weighted by atomic mass is 16.1. The Kier molecular flexibility index (Phi) is 3.23. The van der Waals surface area contributed by atoms with Gasteiger partial charge in [0.2, 0.25) is 5.91 Å². The maximum atomic E-state index is 11.2. The van der Waals surface area contributed by atoms with Crippen LogP contribution in [-0.2, 0) is 11.2 Å². The molecular weight excluding hydrogens is 308 g/mol. The Morgan fingerprint density at radius 3 is 2.88 bits per heavy atom. The smallest absolute Gasteiger partial charge is 0.225 e. The summed E-state index contributed by atoms with van der Waals surface area (Å²) in [5.74, 6) is 0.920. The quantitative estimate of drug-likeness (QED) is 0.567. The summed E-state index contributed by atoms with van der Waals surface area (Å²) in [4.78, 5) is 20.0. The molecular formula is C15H12N8O. The van der Waals surface area contributed by atoms with Crippen LogP contribution in [0.4, 0.5) is 0 Å². The van der Waals surface area contributed by atoms with Gasteiger partial charge in [-0.25, -0.2) is 9.97 Å². The topological polar surface area (TPSA) is 128 Å². The first-order chi connectivity index (χ1) is 11.7. The molecule has 3 N–H and O–H groups in total. The van der Waals surface area contributed by atoms with E-state index in [2.05, 4.69) is 30.5 Å². The molecule has 118 valence electrons. The van der Waals surface area contributed by atoms with Crippen LogP contribution in [0.3, 0.4) is 0 Å². The SMILES string of the molecule is NC(=O)Cc1nc(-c2cccc3n[nH]nc23)n(-c2ccccn2)n1. The largest absolute Gasteiger partial charge is 0.369 e. The standard InChI is InChI=1S/C15H12N8O/c16-11(24)8-12-18-15(23(21-12)13-6-1-2-7-17-13)9-4-3-5-10-14(9)20-22-19-10/h1-7H,8H2,(H2,16,24)(H,19,20,22). The molecule has 9 heteroatoms. The molecule has 0 saturated carbocycles. The number of hydrogen-bond donors (Lipinski definition) is 2. The van der Waals surface area contributed by atoms with E-state index in [0.29, 0.717) is 28.5 Å². The lowest BCUT2D eigenvalue weighted by Crippen LogP contribution is -2.14. The number of carbonyl (C=O) groups excluding carboxylic acids is 1. The zero-order chi connectivity index (χ0) is 16.5. The van der Waals surface area contributed by atoms with Crippen LogP contribution in [0.15, 0.2) is 42.6 Å². The van der Waals surface area contributed by atoms with Crippen LogP contribution in [-0.4, -0.2) is 41.1 Å². The van der Waals surface area contributed by atoms with Gasteiger partial charge in [0.05, 0.1) is 6.42 Å². The third kappa shape index (κ3) is 2.37. The average Bonchev–Trinajstić information content (AvgIpc) is 3.21. The molecule has 0 aliphatic rings. The minimum Gasteiger partial charge on any atom is -0.369 e. The predicted molar refractivity (Wildman–Crippen MR) is 84.9 cm³/mol. The Labute approximate surface area is 135 Å². The summed E-state index contributed by atoms with van der Waals surface area (Å²) in [6.07, 6.45) is 1.60. The van der Waals surface area contributed by atoms with Crippen LogP contribution in [0.1, 0.15) is 5.82 Å². The number of H-pyrrole nitrogens is 1. The highest BCUT2D eigenvalue weighted by Crippen LogP contribution is 2.26. The number of aromatic amines is 1. The summed E-state index contributed by atoms with van der Waals surface area (Å²) in [6.45, 7) is 0. The third-order valence-corrected chi connectivity index (χ3v) is 3.44. The zero-order valence-electron chi connectivity index (χ0n) is 12.4. The van der Waals surface area contributed by atoms with Gasteiger partial charge in [-0.05, 0) is 24.3 Å². The Hall–Kier alpha value is -3.62. The van der Waals surface area contributed by atoms with E-state index < -0.39 is 5.91 Å². The third-order valence-electron chi connectivity index (χ3n) is 3.44. The van der Waals surface area contributed by atoms with Crippen molar-refractivity contribution in [3.05, 3.63) is 48.4 Å². The summed E-state index contributed by atoms with van der Waals surface area (Å²) in [7, 11) is 0. The van der Waals surface area contributed by atoms with Crippen LogP contribution >= 0.6 is 0 Å². The summed E-state index contributed by atoms with van der Waals surface area (Å²) < 4.78 is 1.57. The van der Waals surface area contributed by atoms with E-state index in [-0.39, 0.29) is 6.42 Å². The number of amides is 1. The van der Waals surface area contributed by atoms with Crippen molar-refractivity contribution >= 4 is 16.9 Å². The normalized spacial score (nSPS) is 11.0. The number of nitrogens with zero attached hydrogens (tertiary/aromatic N) is 6. The van der Waals surface area contributed by atoms with Gasteiger partial charge < -0.3 is 5.73 Å². The average molecular weight is 320 g/mol. The zero-order valence-corrected chi connectivity index (χ0v) is 12.4. The van der Waals surface area contributed by atoms with Gasteiger partial charge in [-0.3, -0.25) is 4.79 Å². The fourth-order valence-corrected chi connectivity index (χ4v) is 2.45. The molecule has 0 atom stereocenters. The predicted octanol–water partition coefficient (Wildman–Crippen LogP) is 0.628. The molecule has 1 aromatic carbocycles. The van der Waals surface area contributed by atoms with E-state index in [9.17, 15) is 4.79 Å². The van der Waals surface area contributed by atoms with E-state index in [0.717, 1.165) is 5.56 Å². The first-order valence-electron chi connectivity index (χ1n) is 7.18. The number of para-hydroxylation sites is 1.